The number of hydrogen-bond donors (Lipinski definition) is 1. The summed E-state index contributed by atoms with van der Waals surface area (Å²) in [5.74, 6) is -2.11. The molecule has 1 heterocycles. The number of anilines is 1. The van der Waals surface area contributed by atoms with E-state index in [0.29, 0.717) is 0 Å². The van der Waals surface area contributed by atoms with E-state index < -0.39 is 41.7 Å². The Kier molecular flexibility index (Phi) is 5.49. The molecule has 3 aromatic carbocycles. The Morgan fingerprint density at radius 3 is 1.79 bits per heavy atom. The molecule has 3 aromatic rings. The Bertz CT molecular complexity index is 1190. The molecule has 0 radical (unpaired) electrons. The molecule has 1 aliphatic rings. The van der Waals surface area contributed by atoms with Crippen LogP contribution in [-0.4, -0.2) is 30.4 Å². The molecule has 9 heteroatoms. The average Bonchev–Trinajstić information content (AvgIpc) is 3.07. The third-order valence-electron chi connectivity index (χ3n) is 5.35. The molecule has 0 bridgehead atoms. The SMILES string of the molecule is O=C(NC[C@@](F)(c1ccc(N2C(=O)c3ccccc3C2=O)cc1)C(F)(F)F)c1ccccc1. The standard InChI is InChI=1S/C24H16F4N2O3/c25-23(24(26,27)28,14-29-20(31)15-6-2-1-3-7-15)16-10-12-17(13-11-16)30-21(32)18-8-4-5-9-19(18)22(30)33/h1-13H,14H2,(H,29,31)/t23-/m1/s1. The number of carbonyl (C=O) groups is 3. The molecule has 1 aliphatic heterocycles. The van der Waals surface area contributed by atoms with Gasteiger partial charge in [0.2, 0.25) is 5.67 Å². The van der Waals surface area contributed by atoms with Gasteiger partial charge in [-0.25, -0.2) is 9.29 Å². The van der Waals surface area contributed by atoms with Crippen molar-refractivity contribution in [2.24, 2.45) is 0 Å². The fourth-order valence-corrected chi connectivity index (χ4v) is 3.56. The fraction of sp³-hybridized carbons (Fsp3) is 0.125. The summed E-state index contributed by atoms with van der Waals surface area (Å²) in [6.07, 6.45) is -5.34. The summed E-state index contributed by atoms with van der Waals surface area (Å²) in [5.41, 5.74) is -4.23. The first-order chi connectivity index (χ1) is 15.6. The van der Waals surface area contributed by atoms with E-state index >= 15 is 4.39 Å². The molecule has 1 N–H and O–H groups in total. The maximum atomic E-state index is 15.3. The van der Waals surface area contributed by atoms with Crippen LogP contribution in [-0.2, 0) is 5.67 Å². The zero-order chi connectivity index (χ0) is 23.8. The quantitative estimate of drug-likeness (QED) is 0.449. The first-order valence-electron chi connectivity index (χ1n) is 9.81. The lowest BCUT2D eigenvalue weighted by molar-refractivity contribution is -0.233. The van der Waals surface area contributed by atoms with Gasteiger partial charge in [-0.05, 0) is 36.4 Å². The highest BCUT2D eigenvalue weighted by molar-refractivity contribution is 6.34. The smallest absolute Gasteiger partial charge is 0.348 e. The second-order valence-corrected chi connectivity index (χ2v) is 7.39. The summed E-state index contributed by atoms with van der Waals surface area (Å²) in [4.78, 5) is 38.1. The van der Waals surface area contributed by atoms with Gasteiger partial charge >= 0.3 is 6.18 Å². The third kappa shape index (κ3) is 3.86. The van der Waals surface area contributed by atoms with Gasteiger partial charge in [0.1, 0.15) is 0 Å². The predicted molar refractivity (Wildman–Crippen MR) is 112 cm³/mol. The van der Waals surface area contributed by atoms with E-state index in [-0.39, 0.29) is 22.4 Å². The highest BCUT2D eigenvalue weighted by Gasteiger charge is 2.57. The van der Waals surface area contributed by atoms with Crippen LogP contribution in [0.25, 0.3) is 0 Å². The van der Waals surface area contributed by atoms with E-state index in [0.717, 1.165) is 29.2 Å². The van der Waals surface area contributed by atoms with Crippen molar-refractivity contribution in [3.8, 4) is 0 Å². The van der Waals surface area contributed by atoms with Gasteiger partial charge in [-0.15, -0.1) is 0 Å². The number of carbonyl (C=O) groups excluding carboxylic acids is 3. The van der Waals surface area contributed by atoms with Gasteiger partial charge in [0.25, 0.3) is 17.7 Å². The second kappa shape index (κ2) is 8.16. The molecule has 33 heavy (non-hydrogen) atoms. The summed E-state index contributed by atoms with van der Waals surface area (Å²) in [6.45, 7) is -1.35. The van der Waals surface area contributed by atoms with Crippen LogP contribution in [0, 0.1) is 0 Å². The number of nitrogens with zero attached hydrogens (tertiary/aromatic N) is 1. The number of nitrogens with one attached hydrogen (secondary N) is 1. The van der Waals surface area contributed by atoms with E-state index in [9.17, 15) is 27.6 Å². The molecule has 0 aliphatic carbocycles. The van der Waals surface area contributed by atoms with Crippen molar-refractivity contribution in [3.05, 3.63) is 101 Å². The molecule has 0 saturated heterocycles. The first kappa shape index (κ1) is 22.2. The van der Waals surface area contributed by atoms with E-state index in [1.807, 2.05) is 5.32 Å². The van der Waals surface area contributed by atoms with Crippen molar-refractivity contribution in [1.82, 2.24) is 5.32 Å². The minimum atomic E-state index is -5.34. The normalized spacial score (nSPS) is 15.2. The Hall–Kier alpha value is -4.01. The summed E-state index contributed by atoms with van der Waals surface area (Å²) in [7, 11) is 0. The molecule has 4 rings (SSSR count). The van der Waals surface area contributed by atoms with Gasteiger partial charge in [0.05, 0.1) is 23.4 Å². The Morgan fingerprint density at radius 2 is 1.27 bits per heavy atom. The van der Waals surface area contributed by atoms with Crippen LogP contribution in [0.3, 0.4) is 0 Å². The number of halogens is 4. The molecular weight excluding hydrogens is 440 g/mol. The number of imide groups is 1. The molecule has 0 unspecified atom stereocenters. The van der Waals surface area contributed by atoms with Crippen molar-refractivity contribution in [3.63, 3.8) is 0 Å². The summed E-state index contributed by atoms with van der Waals surface area (Å²) < 4.78 is 56.4. The lowest BCUT2D eigenvalue weighted by atomic mass is 9.94. The number of amides is 3. The summed E-state index contributed by atoms with van der Waals surface area (Å²) in [5, 5.41) is 1.99. The number of fused-ring (bicyclic) bond motifs is 1. The molecule has 0 saturated carbocycles. The summed E-state index contributed by atoms with van der Waals surface area (Å²) in [6, 6.07) is 17.4. The lowest BCUT2D eigenvalue weighted by Gasteiger charge is -2.29. The number of hydrogen-bond acceptors (Lipinski definition) is 3. The van der Waals surface area contributed by atoms with E-state index in [1.54, 1.807) is 18.2 Å². The van der Waals surface area contributed by atoms with Crippen LogP contribution in [0.4, 0.5) is 23.2 Å². The Balaban J connectivity index is 1.59. The lowest BCUT2D eigenvalue weighted by Crippen LogP contribution is -2.47. The monoisotopic (exact) mass is 456 g/mol. The predicted octanol–water partition coefficient (Wildman–Crippen LogP) is 4.64. The molecule has 0 spiro atoms. The minimum Gasteiger partial charge on any atom is -0.348 e. The fourth-order valence-electron chi connectivity index (χ4n) is 3.56. The molecule has 0 fully saturated rings. The van der Waals surface area contributed by atoms with Crippen LogP contribution >= 0.6 is 0 Å². The van der Waals surface area contributed by atoms with Crippen LogP contribution in [0.5, 0.6) is 0 Å². The van der Waals surface area contributed by atoms with Gasteiger partial charge < -0.3 is 5.32 Å². The van der Waals surface area contributed by atoms with Crippen molar-refractivity contribution in [1.29, 1.82) is 0 Å². The number of rotatable bonds is 5. The van der Waals surface area contributed by atoms with Gasteiger partial charge in [0, 0.05) is 11.1 Å². The minimum absolute atomic E-state index is 0.00259. The van der Waals surface area contributed by atoms with E-state index in [1.165, 1.54) is 36.4 Å². The zero-order valence-corrected chi connectivity index (χ0v) is 16.9. The number of alkyl halides is 4. The van der Waals surface area contributed by atoms with Crippen molar-refractivity contribution < 1.29 is 31.9 Å². The van der Waals surface area contributed by atoms with Gasteiger partial charge in [-0.3, -0.25) is 14.4 Å². The van der Waals surface area contributed by atoms with Crippen LogP contribution in [0.15, 0.2) is 78.9 Å². The number of benzene rings is 3. The van der Waals surface area contributed by atoms with E-state index in [4.69, 9.17) is 0 Å². The van der Waals surface area contributed by atoms with Gasteiger partial charge in [0.15, 0.2) is 0 Å². The largest absolute Gasteiger partial charge is 0.428 e. The van der Waals surface area contributed by atoms with Crippen LogP contribution in [0.1, 0.15) is 36.6 Å². The van der Waals surface area contributed by atoms with Crippen molar-refractivity contribution >= 4 is 23.4 Å². The van der Waals surface area contributed by atoms with E-state index in [2.05, 4.69) is 0 Å². The third-order valence-corrected chi connectivity index (χ3v) is 5.35. The molecule has 168 valence electrons. The molecule has 3 amide bonds. The van der Waals surface area contributed by atoms with Crippen LogP contribution < -0.4 is 10.2 Å². The topological polar surface area (TPSA) is 66.5 Å². The molecular formula is C24H16F4N2O3. The molecule has 1 atom stereocenters. The van der Waals surface area contributed by atoms with Crippen molar-refractivity contribution in [2.45, 2.75) is 11.8 Å². The summed E-state index contributed by atoms with van der Waals surface area (Å²) >= 11 is 0. The maximum absolute atomic E-state index is 15.3. The molecule has 0 aromatic heterocycles. The maximum Gasteiger partial charge on any atom is 0.428 e. The zero-order valence-electron chi connectivity index (χ0n) is 16.9. The second-order valence-electron chi connectivity index (χ2n) is 7.39. The highest BCUT2D eigenvalue weighted by atomic mass is 19.4. The van der Waals surface area contributed by atoms with Crippen molar-refractivity contribution in [2.75, 3.05) is 11.4 Å². The van der Waals surface area contributed by atoms with Gasteiger partial charge in [-0.1, -0.05) is 42.5 Å². The van der Waals surface area contributed by atoms with Gasteiger partial charge in [-0.2, -0.15) is 13.2 Å². The average molecular weight is 456 g/mol. The highest BCUT2D eigenvalue weighted by Crippen LogP contribution is 2.43. The van der Waals surface area contributed by atoms with Crippen LogP contribution in [0.2, 0.25) is 0 Å². The Labute approximate surface area is 185 Å². The Morgan fingerprint density at radius 1 is 0.758 bits per heavy atom. The molecule has 5 nitrogen and oxygen atoms in total. The first-order valence-corrected chi connectivity index (χ1v) is 9.81.